The SMILES string of the molecule is Brc1nnc(-c2ccccc2)c(-c2ccccc2)c1-c1ccccn1. The number of pyridine rings is 1. The third-order valence-corrected chi connectivity index (χ3v) is 4.52. The molecule has 0 atom stereocenters. The fourth-order valence-corrected chi connectivity index (χ4v) is 3.32. The van der Waals surface area contributed by atoms with E-state index < -0.39 is 0 Å². The van der Waals surface area contributed by atoms with Crippen molar-refractivity contribution in [3.05, 3.63) is 89.7 Å². The van der Waals surface area contributed by atoms with Crippen molar-refractivity contribution in [2.75, 3.05) is 0 Å². The van der Waals surface area contributed by atoms with Crippen LogP contribution in [0.25, 0.3) is 33.6 Å². The summed E-state index contributed by atoms with van der Waals surface area (Å²) in [4.78, 5) is 4.53. The van der Waals surface area contributed by atoms with Crippen LogP contribution in [0.1, 0.15) is 0 Å². The molecule has 2 heterocycles. The Bertz CT molecular complexity index is 988. The van der Waals surface area contributed by atoms with Crippen molar-refractivity contribution < 1.29 is 0 Å². The van der Waals surface area contributed by atoms with E-state index in [1.165, 1.54) is 0 Å². The zero-order valence-corrected chi connectivity index (χ0v) is 14.9. The fourth-order valence-electron chi connectivity index (χ4n) is 2.84. The molecule has 4 rings (SSSR count). The molecule has 2 aromatic heterocycles. The smallest absolute Gasteiger partial charge is 0.138 e. The van der Waals surface area contributed by atoms with Gasteiger partial charge in [-0.25, -0.2) is 0 Å². The Morgan fingerprint density at radius 3 is 1.88 bits per heavy atom. The molecule has 0 spiro atoms. The van der Waals surface area contributed by atoms with E-state index >= 15 is 0 Å². The number of hydrogen-bond donors (Lipinski definition) is 0. The number of benzene rings is 2. The van der Waals surface area contributed by atoms with E-state index in [0.29, 0.717) is 4.60 Å². The molecule has 0 N–H and O–H groups in total. The van der Waals surface area contributed by atoms with Crippen LogP contribution in [-0.4, -0.2) is 15.2 Å². The van der Waals surface area contributed by atoms with Crippen LogP contribution < -0.4 is 0 Å². The first-order chi connectivity index (χ1) is 12.3. The van der Waals surface area contributed by atoms with E-state index in [2.05, 4.69) is 43.2 Å². The van der Waals surface area contributed by atoms with Gasteiger partial charge in [0.1, 0.15) is 10.3 Å². The quantitative estimate of drug-likeness (QED) is 0.456. The maximum atomic E-state index is 4.53. The van der Waals surface area contributed by atoms with Crippen molar-refractivity contribution >= 4 is 15.9 Å². The van der Waals surface area contributed by atoms with E-state index in [1.807, 2.05) is 66.7 Å². The van der Waals surface area contributed by atoms with Crippen LogP contribution in [0.5, 0.6) is 0 Å². The molecule has 0 radical (unpaired) electrons. The largest absolute Gasteiger partial charge is 0.256 e. The summed E-state index contributed by atoms with van der Waals surface area (Å²) in [5, 5.41) is 8.83. The third-order valence-electron chi connectivity index (χ3n) is 3.96. The number of hydrogen-bond acceptors (Lipinski definition) is 3. The van der Waals surface area contributed by atoms with Crippen LogP contribution in [0, 0.1) is 0 Å². The number of nitrogens with zero attached hydrogens (tertiary/aromatic N) is 3. The van der Waals surface area contributed by atoms with E-state index in [9.17, 15) is 0 Å². The third kappa shape index (κ3) is 3.08. The summed E-state index contributed by atoms with van der Waals surface area (Å²) in [6.07, 6.45) is 1.79. The highest BCUT2D eigenvalue weighted by Gasteiger charge is 2.20. The molecule has 2 aromatic carbocycles. The maximum Gasteiger partial charge on any atom is 0.138 e. The first kappa shape index (κ1) is 15.7. The molecule has 0 saturated carbocycles. The molecule has 0 aliphatic carbocycles. The van der Waals surface area contributed by atoms with Gasteiger partial charge in [0.2, 0.25) is 0 Å². The Hall–Kier alpha value is -2.85. The minimum Gasteiger partial charge on any atom is -0.256 e. The van der Waals surface area contributed by atoms with Crippen molar-refractivity contribution in [1.82, 2.24) is 15.2 Å². The highest BCUT2D eigenvalue weighted by molar-refractivity contribution is 9.10. The number of aromatic nitrogens is 3. The molecule has 0 fully saturated rings. The van der Waals surface area contributed by atoms with Gasteiger partial charge >= 0.3 is 0 Å². The summed E-state index contributed by atoms with van der Waals surface area (Å²) >= 11 is 3.57. The molecule has 25 heavy (non-hydrogen) atoms. The second-order valence-corrected chi connectivity index (χ2v) is 6.29. The van der Waals surface area contributed by atoms with Gasteiger partial charge in [0.15, 0.2) is 0 Å². The molecule has 0 bridgehead atoms. The Balaban J connectivity index is 2.08. The van der Waals surface area contributed by atoms with Gasteiger partial charge in [0.05, 0.1) is 5.69 Å². The topological polar surface area (TPSA) is 38.7 Å². The summed E-state index contributed by atoms with van der Waals surface area (Å²) in [5.41, 5.74) is 5.78. The lowest BCUT2D eigenvalue weighted by Crippen LogP contribution is -1.99. The monoisotopic (exact) mass is 387 g/mol. The molecule has 3 nitrogen and oxygen atoms in total. The van der Waals surface area contributed by atoms with Crippen LogP contribution in [0.4, 0.5) is 0 Å². The average Bonchev–Trinajstić information content (AvgIpc) is 2.70. The van der Waals surface area contributed by atoms with E-state index in [1.54, 1.807) is 6.20 Å². The molecule has 4 aromatic rings. The van der Waals surface area contributed by atoms with Crippen molar-refractivity contribution in [3.8, 4) is 33.6 Å². The van der Waals surface area contributed by atoms with Gasteiger partial charge in [-0.2, -0.15) is 0 Å². The van der Waals surface area contributed by atoms with Gasteiger partial charge in [-0.1, -0.05) is 66.7 Å². The van der Waals surface area contributed by atoms with Crippen LogP contribution >= 0.6 is 15.9 Å². The molecule has 0 aliphatic rings. The minimum atomic E-state index is 0.685. The van der Waals surface area contributed by atoms with Crippen molar-refractivity contribution in [3.63, 3.8) is 0 Å². The van der Waals surface area contributed by atoms with Crippen molar-refractivity contribution in [1.29, 1.82) is 0 Å². The van der Waals surface area contributed by atoms with Crippen LogP contribution in [0.3, 0.4) is 0 Å². The standard InChI is InChI=1S/C21H14BrN3/c22-21-19(17-13-7-8-14-23-17)18(15-9-3-1-4-10-15)20(24-25-21)16-11-5-2-6-12-16/h1-14H. The lowest BCUT2D eigenvalue weighted by Gasteiger charge is -2.15. The van der Waals surface area contributed by atoms with Crippen LogP contribution in [0.15, 0.2) is 89.7 Å². The van der Waals surface area contributed by atoms with Crippen molar-refractivity contribution in [2.24, 2.45) is 0 Å². The van der Waals surface area contributed by atoms with E-state index in [0.717, 1.165) is 33.6 Å². The Kier molecular flexibility index (Phi) is 4.36. The van der Waals surface area contributed by atoms with Gasteiger partial charge in [-0.3, -0.25) is 4.98 Å². The Morgan fingerprint density at radius 2 is 1.24 bits per heavy atom. The van der Waals surface area contributed by atoms with E-state index in [4.69, 9.17) is 0 Å². The summed E-state index contributed by atoms with van der Waals surface area (Å²) in [6, 6.07) is 26.2. The molecule has 4 heteroatoms. The predicted molar refractivity (Wildman–Crippen MR) is 104 cm³/mol. The molecule has 120 valence electrons. The van der Waals surface area contributed by atoms with Crippen molar-refractivity contribution in [2.45, 2.75) is 0 Å². The molecular formula is C21H14BrN3. The lowest BCUT2D eigenvalue weighted by atomic mass is 9.94. The zero-order valence-electron chi connectivity index (χ0n) is 13.3. The summed E-state index contributed by atoms with van der Waals surface area (Å²) < 4.78 is 0.685. The lowest BCUT2D eigenvalue weighted by molar-refractivity contribution is 1.01. The molecule has 0 saturated heterocycles. The average molecular weight is 388 g/mol. The Labute approximate surface area is 154 Å². The predicted octanol–water partition coefficient (Wildman–Crippen LogP) is 5.64. The van der Waals surface area contributed by atoms with Gasteiger partial charge in [-0.05, 0) is 33.6 Å². The first-order valence-electron chi connectivity index (χ1n) is 7.93. The Morgan fingerprint density at radius 1 is 0.600 bits per heavy atom. The normalized spacial score (nSPS) is 10.6. The number of rotatable bonds is 3. The molecular weight excluding hydrogens is 374 g/mol. The highest BCUT2D eigenvalue weighted by atomic mass is 79.9. The van der Waals surface area contributed by atoms with Gasteiger partial charge in [-0.15, -0.1) is 10.2 Å². The maximum absolute atomic E-state index is 4.53. The first-order valence-corrected chi connectivity index (χ1v) is 8.72. The fraction of sp³-hybridized carbons (Fsp3) is 0. The zero-order chi connectivity index (χ0) is 17.1. The van der Waals surface area contributed by atoms with Gasteiger partial charge in [0.25, 0.3) is 0 Å². The van der Waals surface area contributed by atoms with Crippen LogP contribution in [0.2, 0.25) is 0 Å². The highest BCUT2D eigenvalue weighted by Crippen LogP contribution is 2.40. The second kappa shape index (κ2) is 6.95. The summed E-state index contributed by atoms with van der Waals surface area (Å²) in [7, 11) is 0. The van der Waals surface area contributed by atoms with E-state index in [-0.39, 0.29) is 0 Å². The van der Waals surface area contributed by atoms with Gasteiger partial charge < -0.3 is 0 Å². The number of halogens is 1. The summed E-state index contributed by atoms with van der Waals surface area (Å²) in [6.45, 7) is 0. The molecule has 0 aliphatic heterocycles. The van der Waals surface area contributed by atoms with Gasteiger partial charge in [0, 0.05) is 22.9 Å². The summed E-state index contributed by atoms with van der Waals surface area (Å²) in [5.74, 6) is 0. The minimum absolute atomic E-state index is 0.685. The molecule has 0 unspecified atom stereocenters. The van der Waals surface area contributed by atoms with Crippen LogP contribution in [-0.2, 0) is 0 Å². The second-order valence-electron chi connectivity index (χ2n) is 5.54. The molecule has 0 amide bonds.